The Kier molecular flexibility index (Phi) is 4.81. The lowest BCUT2D eigenvalue weighted by molar-refractivity contribution is -0.137. The molecule has 6 heteroatoms. The second kappa shape index (κ2) is 6.58. The van der Waals surface area contributed by atoms with Crippen molar-refractivity contribution >= 4 is 17.7 Å². The van der Waals surface area contributed by atoms with Gasteiger partial charge in [-0.3, -0.25) is 4.79 Å². The van der Waals surface area contributed by atoms with Gasteiger partial charge in [-0.05, 0) is 19.1 Å². The van der Waals surface area contributed by atoms with E-state index in [4.69, 9.17) is 5.73 Å². The number of hydrogen-bond acceptors (Lipinski definition) is 5. The molecule has 1 aromatic carbocycles. The molecule has 0 aliphatic carbocycles. The van der Waals surface area contributed by atoms with E-state index in [1.165, 1.54) is 18.9 Å². The first-order valence-corrected chi connectivity index (χ1v) is 7.19. The first-order valence-electron chi connectivity index (χ1n) is 6.21. The maximum atomic E-state index is 11.3. The number of thioether (sulfide) groups is 1. The minimum absolute atomic E-state index is 0.238. The average Bonchev–Trinajstić information content (AvgIpc) is 2.81. The number of benzene rings is 1. The summed E-state index contributed by atoms with van der Waals surface area (Å²) < 4.78 is 6.50. The van der Waals surface area contributed by atoms with E-state index in [1.807, 2.05) is 41.9 Å². The number of aromatic nitrogens is 2. The highest BCUT2D eigenvalue weighted by Gasteiger charge is 2.17. The Morgan fingerprint density at radius 2 is 2.10 bits per heavy atom. The summed E-state index contributed by atoms with van der Waals surface area (Å²) in [6.45, 7) is 2.31. The van der Waals surface area contributed by atoms with Crippen molar-refractivity contribution in [3.05, 3.63) is 41.6 Å². The number of hydrogen-bond donors (Lipinski definition) is 1. The highest BCUT2D eigenvalue weighted by Crippen LogP contribution is 2.28. The minimum atomic E-state index is -0.267. The Balaban J connectivity index is 2.39. The Labute approximate surface area is 122 Å². The van der Waals surface area contributed by atoms with E-state index in [1.54, 1.807) is 0 Å². The van der Waals surface area contributed by atoms with Gasteiger partial charge in [0.05, 0.1) is 24.2 Å². The number of nitrogens with zero attached hydrogens (tertiary/aromatic N) is 2. The van der Waals surface area contributed by atoms with Gasteiger partial charge >= 0.3 is 5.97 Å². The SMILES string of the molecule is COC(=O)CSc1c(CN)c(C)nn1-c1ccccc1. The predicted molar refractivity (Wildman–Crippen MR) is 78.9 cm³/mol. The number of carbonyl (C=O) groups excluding carboxylic acids is 1. The van der Waals surface area contributed by atoms with Crippen LogP contribution in [0.25, 0.3) is 5.69 Å². The molecular formula is C14H17N3O2S. The average molecular weight is 291 g/mol. The molecule has 0 spiro atoms. The molecule has 0 radical (unpaired) electrons. The molecule has 0 unspecified atom stereocenters. The molecule has 2 rings (SSSR count). The van der Waals surface area contributed by atoms with E-state index in [-0.39, 0.29) is 11.7 Å². The summed E-state index contributed by atoms with van der Waals surface area (Å²) in [4.78, 5) is 11.3. The summed E-state index contributed by atoms with van der Waals surface area (Å²) in [5.41, 5.74) is 8.59. The van der Waals surface area contributed by atoms with E-state index in [2.05, 4.69) is 9.84 Å². The van der Waals surface area contributed by atoms with Gasteiger partial charge in [-0.25, -0.2) is 4.68 Å². The molecule has 2 N–H and O–H groups in total. The van der Waals surface area contributed by atoms with Crippen LogP contribution in [0.2, 0.25) is 0 Å². The molecule has 20 heavy (non-hydrogen) atoms. The zero-order valence-electron chi connectivity index (χ0n) is 11.5. The van der Waals surface area contributed by atoms with Gasteiger partial charge in [0.15, 0.2) is 0 Å². The lowest BCUT2D eigenvalue weighted by atomic mass is 10.3. The molecule has 106 valence electrons. The molecular weight excluding hydrogens is 274 g/mol. The number of aryl methyl sites for hydroxylation is 1. The van der Waals surface area contributed by atoms with E-state index in [9.17, 15) is 4.79 Å². The molecule has 0 fully saturated rings. The van der Waals surface area contributed by atoms with Gasteiger partial charge in [-0.15, -0.1) is 0 Å². The molecule has 0 saturated heterocycles. The number of rotatable bonds is 5. The zero-order valence-corrected chi connectivity index (χ0v) is 12.3. The van der Waals surface area contributed by atoms with E-state index < -0.39 is 0 Å². The smallest absolute Gasteiger partial charge is 0.316 e. The molecule has 5 nitrogen and oxygen atoms in total. The van der Waals surface area contributed by atoms with Crippen molar-refractivity contribution in [2.75, 3.05) is 12.9 Å². The highest BCUT2D eigenvalue weighted by atomic mass is 32.2. The van der Waals surface area contributed by atoms with Gasteiger partial charge in [0, 0.05) is 12.1 Å². The summed E-state index contributed by atoms with van der Waals surface area (Å²) in [6.07, 6.45) is 0. The Morgan fingerprint density at radius 1 is 1.40 bits per heavy atom. The maximum absolute atomic E-state index is 11.3. The molecule has 0 bridgehead atoms. The monoisotopic (exact) mass is 291 g/mol. The molecule has 1 heterocycles. The van der Waals surface area contributed by atoms with E-state index >= 15 is 0 Å². The second-order valence-corrected chi connectivity index (χ2v) is 5.15. The van der Waals surface area contributed by atoms with Gasteiger partial charge in [-0.1, -0.05) is 30.0 Å². The minimum Gasteiger partial charge on any atom is -0.468 e. The van der Waals surface area contributed by atoms with Crippen molar-refractivity contribution in [1.82, 2.24) is 9.78 Å². The lowest BCUT2D eigenvalue weighted by Crippen LogP contribution is -2.07. The number of methoxy groups -OCH3 is 1. The van der Waals surface area contributed by atoms with Crippen LogP contribution in [0.4, 0.5) is 0 Å². The van der Waals surface area contributed by atoms with Crippen molar-refractivity contribution in [3.8, 4) is 5.69 Å². The number of carbonyl (C=O) groups is 1. The molecule has 1 aromatic heterocycles. The summed E-state index contributed by atoms with van der Waals surface area (Å²) in [5, 5.41) is 5.41. The number of para-hydroxylation sites is 1. The summed E-state index contributed by atoms with van der Waals surface area (Å²) in [7, 11) is 1.38. The largest absolute Gasteiger partial charge is 0.468 e. The normalized spacial score (nSPS) is 10.6. The van der Waals surface area contributed by atoms with Crippen LogP contribution in [0.1, 0.15) is 11.3 Å². The lowest BCUT2D eigenvalue weighted by Gasteiger charge is -2.08. The van der Waals surface area contributed by atoms with Crippen molar-refractivity contribution in [2.45, 2.75) is 18.5 Å². The molecule has 0 aliphatic heterocycles. The van der Waals surface area contributed by atoms with Crippen molar-refractivity contribution < 1.29 is 9.53 Å². The van der Waals surface area contributed by atoms with E-state index in [0.29, 0.717) is 6.54 Å². The Hall–Kier alpha value is -1.79. The fourth-order valence-electron chi connectivity index (χ4n) is 1.85. The Morgan fingerprint density at radius 3 is 2.70 bits per heavy atom. The molecule has 0 amide bonds. The topological polar surface area (TPSA) is 70.1 Å². The van der Waals surface area contributed by atoms with Crippen LogP contribution in [0.5, 0.6) is 0 Å². The third kappa shape index (κ3) is 3.02. The first kappa shape index (κ1) is 14.6. The highest BCUT2D eigenvalue weighted by molar-refractivity contribution is 8.00. The molecule has 0 saturated carbocycles. The van der Waals surface area contributed by atoms with Crippen LogP contribution in [0.15, 0.2) is 35.4 Å². The van der Waals surface area contributed by atoms with E-state index in [0.717, 1.165) is 22.0 Å². The van der Waals surface area contributed by atoms with Crippen LogP contribution in [0.3, 0.4) is 0 Å². The van der Waals surface area contributed by atoms with Crippen LogP contribution in [0, 0.1) is 6.92 Å². The fraction of sp³-hybridized carbons (Fsp3) is 0.286. The van der Waals surface area contributed by atoms with Crippen LogP contribution >= 0.6 is 11.8 Å². The second-order valence-electron chi connectivity index (χ2n) is 4.19. The Bertz CT molecular complexity index is 596. The van der Waals surface area contributed by atoms with Gasteiger partial charge in [0.1, 0.15) is 5.03 Å². The zero-order chi connectivity index (χ0) is 14.5. The van der Waals surface area contributed by atoms with Gasteiger partial charge in [0.2, 0.25) is 0 Å². The molecule has 0 atom stereocenters. The number of esters is 1. The molecule has 2 aromatic rings. The third-order valence-corrected chi connectivity index (χ3v) is 3.97. The van der Waals surface area contributed by atoms with Gasteiger partial charge in [0.25, 0.3) is 0 Å². The van der Waals surface area contributed by atoms with Gasteiger partial charge in [-0.2, -0.15) is 5.10 Å². The number of ether oxygens (including phenoxy) is 1. The van der Waals surface area contributed by atoms with Crippen LogP contribution < -0.4 is 5.73 Å². The molecule has 0 aliphatic rings. The summed E-state index contributed by atoms with van der Waals surface area (Å²) >= 11 is 1.39. The summed E-state index contributed by atoms with van der Waals surface area (Å²) in [5.74, 6) is -0.0296. The van der Waals surface area contributed by atoms with Crippen molar-refractivity contribution in [2.24, 2.45) is 5.73 Å². The van der Waals surface area contributed by atoms with Crippen LogP contribution in [-0.2, 0) is 16.1 Å². The number of nitrogens with two attached hydrogens (primary N) is 1. The first-order chi connectivity index (χ1) is 9.67. The quantitative estimate of drug-likeness (QED) is 0.673. The van der Waals surface area contributed by atoms with Crippen LogP contribution in [-0.4, -0.2) is 28.6 Å². The standard InChI is InChI=1S/C14H17N3O2S/c1-10-12(8-15)14(20-9-13(18)19-2)17(16-10)11-6-4-3-5-7-11/h3-7H,8-9,15H2,1-2H3. The summed E-state index contributed by atoms with van der Waals surface area (Å²) in [6, 6.07) is 9.78. The maximum Gasteiger partial charge on any atom is 0.316 e. The predicted octanol–water partition coefficient (Wildman–Crippen LogP) is 1.90. The van der Waals surface area contributed by atoms with Crippen molar-refractivity contribution in [1.29, 1.82) is 0 Å². The fourth-order valence-corrected chi connectivity index (χ4v) is 2.90. The van der Waals surface area contributed by atoms with Gasteiger partial charge < -0.3 is 10.5 Å². The van der Waals surface area contributed by atoms with Crippen molar-refractivity contribution in [3.63, 3.8) is 0 Å². The third-order valence-electron chi connectivity index (χ3n) is 2.90.